The van der Waals surface area contributed by atoms with Crippen LogP contribution >= 0.6 is 0 Å². The molecule has 0 aromatic heterocycles. The summed E-state index contributed by atoms with van der Waals surface area (Å²) in [5, 5.41) is 11.6. The molecule has 0 spiro atoms. The molecule has 0 radical (unpaired) electrons. The normalized spacial score (nSPS) is 19.5. The molecule has 2 amide bonds. The number of amides is 2. The molecule has 1 heterocycles. The quantitative estimate of drug-likeness (QED) is 0.709. The molecule has 7 nitrogen and oxygen atoms in total. The highest BCUT2D eigenvalue weighted by Gasteiger charge is 2.36. The summed E-state index contributed by atoms with van der Waals surface area (Å²) in [4.78, 5) is 36.1. The number of carbonyl (C=O) groups excluding carboxylic acids is 2. The highest BCUT2D eigenvalue weighted by molar-refractivity contribution is 5.87. The standard InChI is InChI=1S/C13H22N2O5/c1-3-4-6-9(11(16)17)14-13(19)15-8-5-7-10(15)12(18)20-2/h9-10H,3-8H2,1-2H3,(H,14,19)(H,16,17)/t9-,10?/m0/s1. The molecule has 7 heteroatoms. The molecule has 1 fully saturated rings. The Morgan fingerprint density at radius 2 is 2.15 bits per heavy atom. The Bertz CT molecular complexity index is 372. The fraction of sp³-hybridized carbons (Fsp3) is 0.769. The van der Waals surface area contributed by atoms with Crippen LogP contribution in [0.3, 0.4) is 0 Å². The van der Waals surface area contributed by atoms with Crippen molar-refractivity contribution in [3.8, 4) is 0 Å². The maximum absolute atomic E-state index is 12.1. The van der Waals surface area contributed by atoms with Crippen molar-refractivity contribution in [2.24, 2.45) is 0 Å². The van der Waals surface area contributed by atoms with Gasteiger partial charge in [-0.1, -0.05) is 19.8 Å². The number of nitrogens with one attached hydrogen (secondary N) is 1. The third kappa shape index (κ3) is 4.11. The van der Waals surface area contributed by atoms with Crippen LogP contribution < -0.4 is 5.32 Å². The van der Waals surface area contributed by atoms with E-state index >= 15 is 0 Å². The Morgan fingerprint density at radius 3 is 2.70 bits per heavy atom. The van der Waals surface area contributed by atoms with Gasteiger partial charge in [0.25, 0.3) is 0 Å². The van der Waals surface area contributed by atoms with E-state index in [-0.39, 0.29) is 0 Å². The molecular weight excluding hydrogens is 264 g/mol. The molecule has 114 valence electrons. The Balaban J connectivity index is 2.63. The van der Waals surface area contributed by atoms with Crippen LogP contribution in [0.5, 0.6) is 0 Å². The molecule has 1 aliphatic heterocycles. The van der Waals surface area contributed by atoms with Gasteiger partial charge in [-0.25, -0.2) is 14.4 Å². The Kier molecular flexibility index (Phi) is 6.27. The number of methoxy groups -OCH3 is 1. The molecule has 2 atom stereocenters. The van der Waals surface area contributed by atoms with Crippen LogP contribution in [0.15, 0.2) is 0 Å². The molecule has 20 heavy (non-hydrogen) atoms. The second-order valence-corrected chi connectivity index (χ2v) is 4.86. The topological polar surface area (TPSA) is 95.9 Å². The van der Waals surface area contributed by atoms with Crippen molar-refractivity contribution in [3.05, 3.63) is 0 Å². The number of aliphatic carboxylic acids is 1. The largest absolute Gasteiger partial charge is 0.480 e. The summed E-state index contributed by atoms with van der Waals surface area (Å²) in [6.07, 6.45) is 3.22. The average molecular weight is 286 g/mol. The summed E-state index contributed by atoms with van der Waals surface area (Å²) in [5.74, 6) is -1.52. The first-order valence-electron chi connectivity index (χ1n) is 6.89. The number of likely N-dealkylation sites (tertiary alicyclic amines) is 1. The summed E-state index contributed by atoms with van der Waals surface area (Å²) in [5.41, 5.74) is 0. The monoisotopic (exact) mass is 286 g/mol. The van der Waals surface area contributed by atoms with E-state index in [0.717, 1.165) is 12.8 Å². The lowest BCUT2D eigenvalue weighted by Crippen LogP contribution is -2.51. The highest BCUT2D eigenvalue weighted by Crippen LogP contribution is 2.18. The number of hydrogen-bond donors (Lipinski definition) is 2. The van der Waals surface area contributed by atoms with Crippen LogP contribution in [0.2, 0.25) is 0 Å². The highest BCUT2D eigenvalue weighted by atomic mass is 16.5. The van der Waals surface area contributed by atoms with E-state index in [1.165, 1.54) is 12.0 Å². The van der Waals surface area contributed by atoms with Gasteiger partial charge < -0.3 is 20.1 Å². The van der Waals surface area contributed by atoms with E-state index < -0.39 is 30.1 Å². The number of ether oxygens (including phenoxy) is 1. The first-order valence-corrected chi connectivity index (χ1v) is 6.89. The first kappa shape index (κ1) is 16.3. The predicted octanol–water partition coefficient (Wildman–Crippen LogP) is 0.977. The zero-order chi connectivity index (χ0) is 15.1. The molecule has 1 saturated heterocycles. The molecule has 1 unspecified atom stereocenters. The minimum atomic E-state index is -1.05. The number of rotatable bonds is 6. The van der Waals surface area contributed by atoms with Gasteiger partial charge in [-0.2, -0.15) is 0 Å². The Hall–Kier alpha value is -1.79. The van der Waals surface area contributed by atoms with Crippen LogP contribution in [-0.2, 0) is 14.3 Å². The van der Waals surface area contributed by atoms with Crippen molar-refractivity contribution in [2.75, 3.05) is 13.7 Å². The zero-order valence-corrected chi connectivity index (χ0v) is 11.9. The summed E-state index contributed by atoms with van der Waals surface area (Å²) in [7, 11) is 1.28. The van der Waals surface area contributed by atoms with E-state index in [0.29, 0.717) is 25.8 Å². The maximum Gasteiger partial charge on any atom is 0.328 e. The number of carboxylic acids is 1. The Morgan fingerprint density at radius 1 is 1.45 bits per heavy atom. The van der Waals surface area contributed by atoms with Gasteiger partial charge in [0.1, 0.15) is 12.1 Å². The third-order valence-corrected chi connectivity index (χ3v) is 3.43. The number of urea groups is 1. The van der Waals surface area contributed by atoms with Crippen LogP contribution in [0.25, 0.3) is 0 Å². The van der Waals surface area contributed by atoms with Crippen LogP contribution in [0.4, 0.5) is 4.79 Å². The minimum Gasteiger partial charge on any atom is -0.480 e. The van der Waals surface area contributed by atoms with Gasteiger partial charge >= 0.3 is 18.0 Å². The van der Waals surface area contributed by atoms with Gasteiger partial charge in [-0.15, -0.1) is 0 Å². The predicted molar refractivity (Wildman–Crippen MR) is 71.2 cm³/mol. The van der Waals surface area contributed by atoms with Gasteiger partial charge in [0, 0.05) is 6.54 Å². The summed E-state index contributed by atoms with van der Waals surface area (Å²) < 4.78 is 4.65. The van der Waals surface area contributed by atoms with Crippen molar-refractivity contribution in [3.63, 3.8) is 0 Å². The maximum atomic E-state index is 12.1. The number of hydrogen-bond acceptors (Lipinski definition) is 4. The van der Waals surface area contributed by atoms with Gasteiger partial charge in [-0.3, -0.25) is 0 Å². The third-order valence-electron chi connectivity index (χ3n) is 3.43. The molecule has 0 aromatic carbocycles. The van der Waals surface area contributed by atoms with E-state index in [4.69, 9.17) is 5.11 Å². The summed E-state index contributed by atoms with van der Waals surface area (Å²) in [6, 6.07) is -2.04. The van der Waals surface area contributed by atoms with Gasteiger partial charge in [-0.05, 0) is 19.3 Å². The van der Waals surface area contributed by atoms with E-state index in [9.17, 15) is 14.4 Å². The molecule has 0 aromatic rings. The lowest BCUT2D eigenvalue weighted by atomic mass is 10.1. The van der Waals surface area contributed by atoms with Crippen LogP contribution in [-0.4, -0.2) is 53.7 Å². The van der Waals surface area contributed by atoms with Crippen molar-refractivity contribution >= 4 is 18.0 Å². The van der Waals surface area contributed by atoms with Gasteiger partial charge in [0.15, 0.2) is 0 Å². The SMILES string of the molecule is CCCC[C@H](NC(=O)N1CCCC1C(=O)OC)C(=O)O. The number of carbonyl (C=O) groups is 3. The summed E-state index contributed by atoms with van der Waals surface area (Å²) in [6.45, 7) is 2.39. The van der Waals surface area contributed by atoms with Crippen molar-refractivity contribution < 1.29 is 24.2 Å². The zero-order valence-electron chi connectivity index (χ0n) is 11.9. The molecule has 0 aliphatic carbocycles. The van der Waals surface area contributed by atoms with E-state index in [1.54, 1.807) is 0 Å². The fourth-order valence-corrected chi connectivity index (χ4v) is 2.29. The van der Waals surface area contributed by atoms with Crippen molar-refractivity contribution in [2.45, 2.75) is 51.1 Å². The van der Waals surface area contributed by atoms with E-state index in [2.05, 4.69) is 10.1 Å². The molecule has 0 saturated carbocycles. The van der Waals surface area contributed by atoms with Crippen molar-refractivity contribution in [1.82, 2.24) is 10.2 Å². The van der Waals surface area contributed by atoms with Gasteiger partial charge in [0.2, 0.25) is 0 Å². The second kappa shape index (κ2) is 7.72. The smallest absolute Gasteiger partial charge is 0.328 e. The van der Waals surface area contributed by atoms with Gasteiger partial charge in [0.05, 0.1) is 7.11 Å². The van der Waals surface area contributed by atoms with Crippen LogP contribution in [0, 0.1) is 0 Å². The lowest BCUT2D eigenvalue weighted by Gasteiger charge is -2.25. The molecule has 0 bridgehead atoms. The molecule has 1 rings (SSSR count). The van der Waals surface area contributed by atoms with Crippen LogP contribution in [0.1, 0.15) is 39.0 Å². The summed E-state index contributed by atoms with van der Waals surface area (Å²) >= 11 is 0. The number of carboxylic acid groups (broad SMARTS) is 1. The molecule has 1 aliphatic rings. The average Bonchev–Trinajstić information content (AvgIpc) is 2.91. The second-order valence-electron chi connectivity index (χ2n) is 4.86. The van der Waals surface area contributed by atoms with E-state index in [1.807, 2.05) is 6.92 Å². The minimum absolute atomic E-state index is 0.383. The number of unbranched alkanes of at least 4 members (excludes halogenated alkanes) is 1. The number of nitrogens with zero attached hydrogens (tertiary/aromatic N) is 1. The first-order chi connectivity index (χ1) is 9.51. The lowest BCUT2D eigenvalue weighted by molar-refractivity contribution is -0.144. The molecule has 2 N–H and O–H groups in total. The van der Waals surface area contributed by atoms with Crippen molar-refractivity contribution in [1.29, 1.82) is 0 Å². The fourth-order valence-electron chi connectivity index (χ4n) is 2.29. The Labute approximate surface area is 118 Å². The number of esters is 1. The molecular formula is C13H22N2O5.